The first-order chi connectivity index (χ1) is 25.8. The van der Waals surface area contributed by atoms with E-state index in [-0.39, 0.29) is 0 Å². The molecule has 0 spiro atoms. The van der Waals surface area contributed by atoms with E-state index >= 15 is 0 Å². The van der Waals surface area contributed by atoms with Gasteiger partial charge >= 0.3 is 0 Å². The lowest BCUT2D eigenvalue weighted by molar-refractivity contribution is 1.08. The summed E-state index contributed by atoms with van der Waals surface area (Å²) in [4.78, 5) is 20.8. The third-order valence-electron chi connectivity index (χ3n) is 9.92. The predicted molar refractivity (Wildman–Crippen MR) is 220 cm³/mol. The highest BCUT2D eigenvalue weighted by Gasteiger charge is 2.21. The Morgan fingerprint density at radius 1 is 0.327 bits per heavy atom. The molecule has 4 heterocycles. The van der Waals surface area contributed by atoms with Crippen LogP contribution in [0.25, 0.3) is 107 Å². The average Bonchev–Trinajstić information content (AvgIpc) is 3.80. The van der Waals surface area contributed by atoms with E-state index in [0.29, 0.717) is 17.5 Å². The van der Waals surface area contributed by atoms with Crippen molar-refractivity contribution in [1.29, 1.82) is 0 Å². The lowest BCUT2D eigenvalue weighted by Crippen LogP contribution is -2.00. The second-order valence-electron chi connectivity index (χ2n) is 12.9. The molecule has 0 unspecified atom stereocenters. The smallest absolute Gasteiger partial charge is 0.165 e. The molecule has 0 aliphatic carbocycles. The minimum atomic E-state index is 0.658. The number of hydrogen-bond acceptors (Lipinski definition) is 6. The van der Waals surface area contributed by atoms with Gasteiger partial charge in [0.1, 0.15) is 0 Å². The lowest BCUT2D eigenvalue weighted by Gasteiger charge is -2.12. The summed E-state index contributed by atoms with van der Waals surface area (Å²) < 4.78 is 4.85. The molecule has 0 aliphatic heterocycles. The number of nitrogens with zero attached hydrogens (tertiary/aromatic N) is 4. The molecule has 242 valence electrons. The molecule has 11 aromatic rings. The standard InChI is InChI=1S/C46H26N4S2/c1-3-13-27(14-4-1)42-31-25-26-38-41(40(31)29-17-7-9-22-35(29)47-42)32-19-11-21-34(43(32)52-38)46-49-44(28-15-5-2-6-16-28)48-45(50-46)33-20-12-24-37-39(33)30-18-8-10-23-36(30)51-37/h1-26H. The zero-order valence-corrected chi connectivity index (χ0v) is 29.2. The Bertz CT molecular complexity index is 3180. The highest BCUT2D eigenvalue weighted by atomic mass is 32.1. The van der Waals surface area contributed by atoms with Crippen LogP contribution in [-0.2, 0) is 0 Å². The van der Waals surface area contributed by atoms with Crippen molar-refractivity contribution in [2.45, 2.75) is 0 Å². The SMILES string of the molecule is c1ccc(-c2nc(-c3cccc4c3sc3ccc5c(-c6ccccc6)nc6ccccc6c5c34)nc(-c3cccc4sc5ccccc5c34)n2)cc1. The highest BCUT2D eigenvalue weighted by Crippen LogP contribution is 2.46. The van der Waals surface area contributed by atoms with E-state index in [1.165, 1.54) is 41.0 Å². The van der Waals surface area contributed by atoms with Gasteiger partial charge in [-0.1, -0.05) is 127 Å². The van der Waals surface area contributed by atoms with Gasteiger partial charge in [0.25, 0.3) is 0 Å². The van der Waals surface area contributed by atoms with Crippen molar-refractivity contribution < 1.29 is 0 Å². The second-order valence-corrected chi connectivity index (χ2v) is 15.1. The Kier molecular flexibility index (Phi) is 6.56. The second kappa shape index (κ2) is 11.6. The van der Waals surface area contributed by atoms with Crippen molar-refractivity contribution in [2.75, 3.05) is 0 Å². The maximum atomic E-state index is 5.30. The number of aromatic nitrogens is 4. The fourth-order valence-electron chi connectivity index (χ4n) is 7.62. The Morgan fingerprint density at radius 3 is 1.79 bits per heavy atom. The third-order valence-corrected chi connectivity index (χ3v) is 12.3. The number of pyridine rings is 1. The van der Waals surface area contributed by atoms with Crippen LogP contribution in [0.15, 0.2) is 158 Å². The summed E-state index contributed by atoms with van der Waals surface area (Å²) in [5.41, 5.74) is 6.06. The zero-order chi connectivity index (χ0) is 34.2. The maximum Gasteiger partial charge on any atom is 0.165 e. The van der Waals surface area contributed by atoms with Crippen molar-refractivity contribution in [1.82, 2.24) is 19.9 Å². The number of rotatable bonds is 4. The van der Waals surface area contributed by atoms with Crippen LogP contribution in [0.5, 0.6) is 0 Å². The summed E-state index contributed by atoms with van der Waals surface area (Å²) >= 11 is 3.60. The minimum Gasteiger partial charge on any atom is -0.247 e. The number of fused-ring (bicyclic) bond motifs is 10. The summed E-state index contributed by atoms with van der Waals surface area (Å²) in [5, 5.41) is 8.35. The molecule has 0 atom stereocenters. The Morgan fingerprint density at radius 2 is 0.942 bits per heavy atom. The molecular weight excluding hydrogens is 673 g/mol. The molecule has 7 aromatic carbocycles. The van der Waals surface area contributed by atoms with E-state index in [9.17, 15) is 0 Å². The van der Waals surface area contributed by atoms with Crippen LogP contribution in [0.4, 0.5) is 0 Å². The topological polar surface area (TPSA) is 51.6 Å². The molecule has 0 bridgehead atoms. The van der Waals surface area contributed by atoms with Gasteiger partial charge in [-0.3, -0.25) is 0 Å². The Hall–Kier alpha value is -6.34. The number of hydrogen-bond donors (Lipinski definition) is 0. The van der Waals surface area contributed by atoms with E-state index < -0.39 is 0 Å². The molecule has 11 rings (SSSR count). The van der Waals surface area contributed by atoms with Crippen LogP contribution in [-0.4, -0.2) is 19.9 Å². The van der Waals surface area contributed by atoms with Gasteiger partial charge < -0.3 is 0 Å². The van der Waals surface area contributed by atoms with Gasteiger partial charge in [-0.25, -0.2) is 19.9 Å². The summed E-state index contributed by atoms with van der Waals surface area (Å²) in [6.45, 7) is 0. The molecule has 4 nitrogen and oxygen atoms in total. The van der Waals surface area contributed by atoms with Gasteiger partial charge in [-0.15, -0.1) is 22.7 Å². The maximum absolute atomic E-state index is 5.30. The number of thiophene rings is 2. The van der Waals surface area contributed by atoms with Crippen LogP contribution in [0, 0.1) is 0 Å². The summed E-state index contributed by atoms with van der Waals surface area (Å²) in [6, 6.07) is 55.3. The molecule has 0 fully saturated rings. The minimum absolute atomic E-state index is 0.658. The fourth-order valence-corrected chi connectivity index (χ4v) is 9.97. The van der Waals surface area contributed by atoms with E-state index in [0.717, 1.165) is 48.9 Å². The molecule has 0 N–H and O–H groups in total. The van der Waals surface area contributed by atoms with Crippen molar-refractivity contribution in [2.24, 2.45) is 0 Å². The van der Waals surface area contributed by atoms with Crippen molar-refractivity contribution in [3.05, 3.63) is 158 Å². The highest BCUT2D eigenvalue weighted by molar-refractivity contribution is 7.26. The Balaban J connectivity index is 1.21. The van der Waals surface area contributed by atoms with Crippen molar-refractivity contribution in [3.63, 3.8) is 0 Å². The van der Waals surface area contributed by atoms with Gasteiger partial charge in [0.2, 0.25) is 0 Å². The number of benzene rings is 7. The van der Waals surface area contributed by atoms with Crippen LogP contribution >= 0.6 is 22.7 Å². The van der Waals surface area contributed by atoms with E-state index in [4.69, 9.17) is 19.9 Å². The summed E-state index contributed by atoms with van der Waals surface area (Å²) in [7, 11) is 0. The number of para-hydroxylation sites is 1. The third kappa shape index (κ3) is 4.51. The van der Waals surface area contributed by atoms with Crippen LogP contribution in [0.2, 0.25) is 0 Å². The lowest BCUT2D eigenvalue weighted by atomic mass is 9.96. The molecule has 0 radical (unpaired) electrons. The molecule has 0 saturated heterocycles. The van der Waals surface area contributed by atoms with Gasteiger partial charge in [-0.2, -0.15) is 0 Å². The van der Waals surface area contributed by atoms with Crippen molar-refractivity contribution in [3.8, 4) is 45.4 Å². The van der Waals surface area contributed by atoms with Crippen LogP contribution in [0.3, 0.4) is 0 Å². The zero-order valence-electron chi connectivity index (χ0n) is 27.6. The summed E-state index contributed by atoms with van der Waals surface area (Å²) in [6.07, 6.45) is 0. The molecule has 0 aliphatic rings. The quantitative estimate of drug-likeness (QED) is 0.172. The monoisotopic (exact) mass is 698 g/mol. The first-order valence-electron chi connectivity index (χ1n) is 17.2. The van der Waals surface area contributed by atoms with Gasteiger partial charge in [0.05, 0.1) is 11.2 Å². The van der Waals surface area contributed by atoms with E-state index in [1.54, 1.807) is 22.7 Å². The van der Waals surface area contributed by atoms with Gasteiger partial charge in [-0.05, 0) is 30.3 Å². The normalized spacial score (nSPS) is 11.8. The van der Waals surface area contributed by atoms with Gasteiger partial charge in [0, 0.05) is 78.8 Å². The largest absolute Gasteiger partial charge is 0.247 e. The molecular formula is C46H26N4S2. The molecule has 52 heavy (non-hydrogen) atoms. The summed E-state index contributed by atoms with van der Waals surface area (Å²) in [5.74, 6) is 2.00. The van der Waals surface area contributed by atoms with Gasteiger partial charge in [0.15, 0.2) is 17.5 Å². The fraction of sp³-hybridized carbons (Fsp3) is 0. The molecule has 6 heteroatoms. The molecule has 4 aromatic heterocycles. The van der Waals surface area contributed by atoms with Crippen LogP contribution < -0.4 is 0 Å². The van der Waals surface area contributed by atoms with Crippen molar-refractivity contribution >= 4 is 84.7 Å². The Labute approximate surface area is 306 Å². The first kappa shape index (κ1) is 29.4. The predicted octanol–water partition coefficient (Wildman–Crippen LogP) is 13.0. The molecule has 0 saturated carbocycles. The average molecular weight is 699 g/mol. The van der Waals surface area contributed by atoms with E-state index in [1.807, 2.05) is 18.2 Å². The van der Waals surface area contributed by atoms with E-state index in [2.05, 4.69) is 140 Å². The first-order valence-corrected chi connectivity index (χ1v) is 18.9. The van der Waals surface area contributed by atoms with Crippen LogP contribution in [0.1, 0.15) is 0 Å². The molecule has 0 amide bonds.